The lowest BCUT2D eigenvalue weighted by Crippen LogP contribution is -2.94. The van der Waals surface area contributed by atoms with Gasteiger partial charge in [-0.15, -0.1) is 0 Å². The average Bonchev–Trinajstić information content (AvgIpc) is 2.99. The van der Waals surface area contributed by atoms with Gasteiger partial charge in [0.2, 0.25) is 0 Å². The second kappa shape index (κ2) is 6.65. The van der Waals surface area contributed by atoms with Crippen LogP contribution < -0.4 is 10.6 Å². The summed E-state index contributed by atoms with van der Waals surface area (Å²) in [6.07, 6.45) is 10.3. The molecule has 0 aromatic carbocycles. The summed E-state index contributed by atoms with van der Waals surface area (Å²) in [5.41, 5.74) is 1.92. The molecular weight excluding hydrogens is 308 g/mol. The van der Waals surface area contributed by atoms with E-state index in [1.54, 1.807) is 5.57 Å². The summed E-state index contributed by atoms with van der Waals surface area (Å²) in [6, 6.07) is 0. The van der Waals surface area contributed by atoms with Crippen molar-refractivity contribution in [3.63, 3.8) is 0 Å². The van der Waals surface area contributed by atoms with Crippen LogP contribution in [-0.4, -0.2) is 22.8 Å². The van der Waals surface area contributed by atoms with Gasteiger partial charge in [0, 0.05) is 12.3 Å². The number of fused-ring (bicyclic) bond motifs is 1. The molecule has 0 radical (unpaired) electrons. The predicted molar refractivity (Wildman–Crippen MR) is 102 cm³/mol. The minimum atomic E-state index is 0.00445. The third-order valence-corrected chi connectivity index (χ3v) is 8.02. The highest BCUT2D eigenvalue weighted by atomic mass is 16.5. The Hall–Kier alpha value is -0.380. The van der Waals surface area contributed by atoms with Crippen LogP contribution >= 0.6 is 0 Å². The standard InChI is InChI=1S/C22H40N2O/c1-15-8-9-17-16(14-15)18(10-12-21(17,4)24-7)22(5)13-11-19(25-22)20(2,3)23-6/h14,16-19H,6-13,23-24H2,1-5H3. The van der Waals surface area contributed by atoms with Crippen molar-refractivity contribution in [1.29, 1.82) is 0 Å². The van der Waals surface area contributed by atoms with Crippen molar-refractivity contribution in [3.8, 4) is 0 Å². The number of ether oxygens (including phenoxy) is 1. The van der Waals surface area contributed by atoms with Crippen LogP contribution in [0.3, 0.4) is 0 Å². The fourth-order valence-corrected chi connectivity index (χ4v) is 5.87. The SMILES string of the molecule is [CH2-][NH2+]C(C)(C)C1CCC(C)(C2CCC(C)([NH2+][CH2-])C3CCC(C)=CC32)O1. The van der Waals surface area contributed by atoms with Gasteiger partial charge in [-0.1, -0.05) is 11.6 Å². The highest BCUT2D eigenvalue weighted by molar-refractivity contribution is 5.16. The van der Waals surface area contributed by atoms with E-state index in [0.29, 0.717) is 17.9 Å². The Labute approximate surface area is 155 Å². The summed E-state index contributed by atoms with van der Waals surface area (Å²) in [6.45, 7) is 11.7. The molecular formula is C22H40N2O. The monoisotopic (exact) mass is 348 g/mol. The summed E-state index contributed by atoms with van der Waals surface area (Å²) >= 11 is 0. The van der Waals surface area contributed by atoms with E-state index in [2.05, 4.69) is 65.4 Å². The maximum Gasteiger partial charge on any atom is 0.110 e. The van der Waals surface area contributed by atoms with E-state index in [4.69, 9.17) is 4.74 Å². The van der Waals surface area contributed by atoms with E-state index < -0.39 is 0 Å². The first-order chi connectivity index (χ1) is 11.6. The van der Waals surface area contributed by atoms with Gasteiger partial charge in [0.15, 0.2) is 0 Å². The van der Waals surface area contributed by atoms with E-state index in [1.165, 1.54) is 32.1 Å². The van der Waals surface area contributed by atoms with E-state index >= 15 is 0 Å². The maximum atomic E-state index is 6.80. The molecule has 0 aromatic rings. The summed E-state index contributed by atoms with van der Waals surface area (Å²) < 4.78 is 6.80. The second-order valence-corrected chi connectivity index (χ2v) is 10.1. The van der Waals surface area contributed by atoms with E-state index in [9.17, 15) is 0 Å². The largest absolute Gasteiger partial charge is 0.474 e. The second-order valence-electron chi connectivity index (χ2n) is 10.1. The van der Waals surface area contributed by atoms with Crippen LogP contribution in [0, 0.1) is 31.8 Å². The quantitative estimate of drug-likeness (QED) is 0.595. The van der Waals surface area contributed by atoms with E-state index in [1.807, 2.05) is 0 Å². The number of hydrogen-bond acceptors (Lipinski definition) is 1. The number of quaternary nitrogens is 2. The number of nitrogens with two attached hydrogens (primary N) is 2. The smallest absolute Gasteiger partial charge is 0.110 e. The lowest BCUT2D eigenvalue weighted by atomic mass is 9.56. The Morgan fingerprint density at radius 1 is 1.12 bits per heavy atom. The molecule has 0 amide bonds. The normalized spacial score (nSPS) is 45.2. The molecule has 0 bridgehead atoms. The Balaban J connectivity index is 1.86. The average molecular weight is 349 g/mol. The summed E-state index contributed by atoms with van der Waals surface area (Å²) in [5.74, 6) is 1.99. The summed E-state index contributed by atoms with van der Waals surface area (Å²) in [7, 11) is 8.24. The summed E-state index contributed by atoms with van der Waals surface area (Å²) in [4.78, 5) is 0. The minimum Gasteiger partial charge on any atom is -0.474 e. The lowest BCUT2D eigenvalue weighted by Gasteiger charge is -2.53. The van der Waals surface area contributed by atoms with Gasteiger partial charge < -0.3 is 15.4 Å². The zero-order valence-electron chi connectivity index (χ0n) is 17.1. The fourth-order valence-electron chi connectivity index (χ4n) is 5.87. The molecule has 6 atom stereocenters. The highest BCUT2D eigenvalue weighted by Gasteiger charge is 2.56. The minimum absolute atomic E-state index is 0.00445. The number of rotatable bonds is 4. The van der Waals surface area contributed by atoms with Crippen molar-refractivity contribution in [2.45, 2.75) is 95.9 Å². The molecule has 144 valence electrons. The van der Waals surface area contributed by atoms with Crippen LogP contribution in [-0.2, 0) is 4.74 Å². The molecule has 25 heavy (non-hydrogen) atoms. The van der Waals surface area contributed by atoms with Crippen molar-refractivity contribution < 1.29 is 15.4 Å². The molecule has 4 N–H and O–H groups in total. The maximum absolute atomic E-state index is 6.80. The van der Waals surface area contributed by atoms with Gasteiger partial charge in [0.05, 0.1) is 16.7 Å². The zero-order valence-corrected chi connectivity index (χ0v) is 17.1. The van der Waals surface area contributed by atoms with Gasteiger partial charge in [-0.25, -0.2) is 0 Å². The van der Waals surface area contributed by atoms with Gasteiger partial charge >= 0.3 is 0 Å². The van der Waals surface area contributed by atoms with Crippen LogP contribution in [0.15, 0.2) is 11.6 Å². The molecule has 3 heteroatoms. The molecule has 2 fully saturated rings. The van der Waals surface area contributed by atoms with E-state index in [-0.39, 0.29) is 16.7 Å². The lowest BCUT2D eigenvalue weighted by molar-refractivity contribution is -0.687. The van der Waals surface area contributed by atoms with E-state index in [0.717, 1.165) is 12.3 Å². The molecule has 1 saturated heterocycles. The van der Waals surface area contributed by atoms with Gasteiger partial charge in [-0.3, -0.25) is 0 Å². The molecule has 3 rings (SSSR count). The Morgan fingerprint density at radius 3 is 2.48 bits per heavy atom. The van der Waals surface area contributed by atoms with Gasteiger partial charge in [-0.05, 0) is 78.6 Å². The molecule has 0 spiro atoms. The third kappa shape index (κ3) is 3.33. The molecule has 0 aromatic heterocycles. The zero-order chi connectivity index (χ0) is 18.5. The van der Waals surface area contributed by atoms with Crippen molar-refractivity contribution in [2.75, 3.05) is 0 Å². The molecule has 2 aliphatic carbocycles. The van der Waals surface area contributed by atoms with Gasteiger partial charge in [0.25, 0.3) is 0 Å². The van der Waals surface area contributed by atoms with Gasteiger partial charge in [0.1, 0.15) is 6.10 Å². The topological polar surface area (TPSA) is 42.5 Å². The fraction of sp³-hybridized carbons (Fsp3) is 0.818. The molecule has 1 aliphatic heterocycles. The Bertz CT molecular complexity index is 528. The predicted octanol–water partition coefficient (Wildman–Crippen LogP) is 2.55. The van der Waals surface area contributed by atoms with Crippen LogP contribution in [0.4, 0.5) is 0 Å². The van der Waals surface area contributed by atoms with Crippen molar-refractivity contribution in [2.24, 2.45) is 17.8 Å². The molecule has 3 aliphatic rings. The molecule has 1 saturated carbocycles. The van der Waals surface area contributed by atoms with Crippen LogP contribution in [0.1, 0.15) is 73.1 Å². The third-order valence-electron chi connectivity index (χ3n) is 8.02. The number of hydrogen-bond donors (Lipinski definition) is 2. The first-order valence-corrected chi connectivity index (χ1v) is 10.3. The van der Waals surface area contributed by atoms with Crippen molar-refractivity contribution in [1.82, 2.24) is 0 Å². The Morgan fingerprint density at radius 2 is 1.84 bits per heavy atom. The molecule has 1 heterocycles. The molecule has 6 unspecified atom stereocenters. The van der Waals surface area contributed by atoms with Crippen molar-refractivity contribution >= 4 is 0 Å². The first kappa shape index (κ1) is 19.4. The molecule has 3 nitrogen and oxygen atoms in total. The van der Waals surface area contributed by atoms with Crippen LogP contribution in [0.5, 0.6) is 0 Å². The Kier molecular flexibility index (Phi) is 5.16. The van der Waals surface area contributed by atoms with Crippen LogP contribution in [0.25, 0.3) is 0 Å². The number of allylic oxidation sites excluding steroid dienone is 2. The summed E-state index contributed by atoms with van der Waals surface area (Å²) in [5, 5.41) is 4.32. The van der Waals surface area contributed by atoms with Crippen molar-refractivity contribution in [3.05, 3.63) is 25.7 Å². The first-order valence-electron chi connectivity index (χ1n) is 10.3. The highest BCUT2D eigenvalue weighted by Crippen LogP contribution is 2.53. The van der Waals surface area contributed by atoms with Crippen LogP contribution in [0.2, 0.25) is 0 Å². The van der Waals surface area contributed by atoms with Gasteiger partial charge in [-0.2, -0.15) is 14.1 Å².